The Kier molecular flexibility index (Phi) is 1.60. The van der Waals surface area contributed by atoms with E-state index in [-0.39, 0.29) is 5.63 Å². The number of hydrogen-bond donors (Lipinski definition) is 0. The monoisotopic (exact) mass is 226 g/mol. The van der Waals surface area contributed by atoms with Crippen LogP contribution >= 0.6 is 0 Å². The van der Waals surface area contributed by atoms with Gasteiger partial charge in [0.2, 0.25) is 0 Å². The van der Waals surface area contributed by atoms with Gasteiger partial charge in [0.25, 0.3) is 0 Å². The Morgan fingerprint density at radius 2 is 1.94 bits per heavy atom. The first-order valence-electron chi connectivity index (χ1n) is 5.79. The number of rotatable bonds is 0. The van der Waals surface area contributed by atoms with Crippen molar-refractivity contribution in [1.82, 2.24) is 0 Å². The van der Waals surface area contributed by atoms with Gasteiger partial charge in [-0.05, 0) is 25.0 Å². The fraction of sp³-hybridized carbons (Fsp3) is 0.214. The third-order valence-electron chi connectivity index (χ3n) is 3.45. The molecule has 84 valence electrons. The summed E-state index contributed by atoms with van der Waals surface area (Å²) in [5.74, 6) is 1.10. The molecule has 4 rings (SSSR count). The van der Waals surface area contributed by atoms with E-state index in [0.717, 1.165) is 29.6 Å². The van der Waals surface area contributed by atoms with Gasteiger partial charge in [-0.25, -0.2) is 4.79 Å². The zero-order valence-corrected chi connectivity index (χ0v) is 9.16. The first kappa shape index (κ1) is 9.05. The molecule has 1 aliphatic rings. The molecule has 0 atom stereocenters. The van der Waals surface area contributed by atoms with Crippen molar-refractivity contribution in [2.45, 2.75) is 19.3 Å². The van der Waals surface area contributed by atoms with Crippen LogP contribution in [0.15, 0.2) is 37.9 Å². The molecule has 2 heterocycles. The van der Waals surface area contributed by atoms with E-state index in [1.807, 2.05) is 6.07 Å². The number of fused-ring (bicyclic) bond motifs is 4. The molecule has 0 bridgehead atoms. The molecule has 0 saturated heterocycles. The zero-order chi connectivity index (χ0) is 11.4. The molecular weight excluding hydrogens is 216 g/mol. The van der Waals surface area contributed by atoms with Gasteiger partial charge in [0, 0.05) is 34.9 Å². The van der Waals surface area contributed by atoms with Crippen molar-refractivity contribution in [3.8, 4) is 0 Å². The minimum absolute atomic E-state index is 0.323. The van der Waals surface area contributed by atoms with E-state index in [0.29, 0.717) is 5.58 Å². The Morgan fingerprint density at radius 1 is 1.00 bits per heavy atom. The van der Waals surface area contributed by atoms with Gasteiger partial charge in [0.05, 0.1) is 0 Å². The van der Waals surface area contributed by atoms with Crippen LogP contribution in [0.2, 0.25) is 0 Å². The lowest BCUT2D eigenvalue weighted by molar-refractivity contribution is 0.548. The fourth-order valence-electron chi connectivity index (χ4n) is 2.66. The SMILES string of the molecule is O=c1ccc2cc3c4c(oc3cc2o1)CCC4. The van der Waals surface area contributed by atoms with Gasteiger partial charge in [-0.2, -0.15) is 0 Å². The highest BCUT2D eigenvalue weighted by molar-refractivity contribution is 5.95. The van der Waals surface area contributed by atoms with Crippen molar-refractivity contribution in [2.75, 3.05) is 0 Å². The Morgan fingerprint density at radius 3 is 2.88 bits per heavy atom. The molecule has 3 nitrogen and oxygen atoms in total. The number of aryl methyl sites for hydroxylation is 2. The molecule has 0 spiro atoms. The van der Waals surface area contributed by atoms with E-state index < -0.39 is 0 Å². The smallest absolute Gasteiger partial charge is 0.336 e. The Balaban J connectivity index is 2.17. The van der Waals surface area contributed by atoms with E-state index in [2.05, 4.69) is 6.07 Å². The molecule has 0 amide bonds. The Labute approximate surface area is 96.6 Å². The molecule has 3 heteroatoms. The van der Waals surface area contributed by atoms with Crippen LogP contribution in [0, 0.1) is 0 Å². The average Bonchev–Trinajstić information content (AvgIpc) is 2.86. The third-order valence-corrected chi connectivity index (χ3v) is 3.45. The van der Waals surface area contributed by atoms with Crippen LogP contribution in [-0.4, -0.2) is 0 Å². The van der Waals surface area contributed by atoms with Crippen LogP contribution in [0.3, 0.4) is 0 Å². The van der Waals surface area contributed by atoms with Crippen LogP contribution < -0.4 is 5.63 Å². The van der Waals surface area contributed by atoms with Gasteiger partial charge in [-0.15, -0.1) is 0 Å². The molecule has 0 unspecified atom stereocenters. The van der Waals surface area contributed by atoms with Crippen LogP contribution in [0.1, 0.15) is 17.7 Å². The van der Waals surface area contributed by atoms with Crippen molar-refractivity contribution < 1.29 is 8.83 Å². The lowest BCUT2D eigenvalue weighted by Crippen LogP contribution is -1.93. The molecular formula is C14H10O3. The summed E-state index contributed by atoms with van der Waals surface area (Å²) in [4.78, 5) is 11.2. The third kappa shape index (κ3) is 1.19. The summed E-state index contributed by atoms with van der Waals surface area (Å²) in [6, 6.07) is 7.13. The first-order valence-corrected chi connectivity index (χ1v) is 5.79. The molecule has 0 N–H and O–H groups in total. The molecule has 3 aromatic rings. The number of benzene rings is 1. The van der Waals surface area contributed by atoms with E-state index in [1.165, 1.54) is 23.4 Å². The van der Waals surface area contributed by atoms with Gasteiger partial charge in [-0.3, -0.25) is 0 Å². The van der Waals surface area contributed by atoms with Gasteiger partial charge >= 0.3 is 5.63 Å². The number of furan rings is 1. The fourth-order valence-corrected chi connectivity index (χ4v) is 2.66. The summed E-state index contributed by atoms with van der Waals surface area (Å²) < 4.78 is 11.0. The number of hydrogen-bond acceptors (Lipinski definition) is 3. The molecule has 2 aromatic heterocycles. The van der Waals surface area contributed by atoms with E-state index in [1.54, 1.807) is 6.07 Å². The topological polar surface area (TPSA) is 43.4 Å². The van der Waals surface area contributed by atoms with E-state index >= 15 is 0 Å². The molecule has 1 aliphatic carbocycles. The largest absolute Gasteiger partial charge is 0.461 e. The van der Waals surface area contributed by atoms with Crippen molar-refractivity contribution in [3.05, 3.63) is 46.0 Å². The Bertz CT molecular complexity index is 792. The summed E-state index contributed by atoms with van der Waals surface area (Å²) >= 11 is 0. The summed E-state index contributed by atoms with van der Waals surface area (Å²) in [5.41, 5.74) is 2.43. The van der Waals surface area contributed by atoms with Crippen LogP contribution in [0.4, 0.5) is 0 Å². The van der Waals surface area contributed by atoms with Gasteiger partial charge in [-0.1, -0.05) is 0 Å². The highest BCUT2D eigenvalue weighted by Gasteiger charge is 2.19. The maximum atomic E-state index is 11.2. The second-order valence-corrected chi connectivity index (χ2v) is 4.50. The molecule has 17 heavy (non-hydrogen) atoms. The molecule has 0 fully saturated rings. The average molecular weight is 226 g/mol. The second-order valence-electron chi connectivity index (χ2n) is 4.50. The van der Waals surface area contributed by atoms with Crippen LogP contribution in [0.5, 0.6) is 0 Å². The van der Waals surface area contributed by atoms with Crippen LogP contribution in [0.25, 0.3) is 21.9 Å². The molecule has 0 saturated carbocycles. The summed E-state index contributed by atoms with van der Waals surface area (Å²) in [7, 11) is 0. The standard InChI is InChI=1S/C14H10O3/c15-14-5-4-8-6-10-9-2-1-3-11(9)16-13(10)7-12(8)17-14/h4-7H,1-3H2. The minimum Gasteiger partial charge on any atom is -0.461 e. The summed E-state index contributed by atoms with van der Waals surface area (Å²) in [6.45, 7) is 0. The normalized spacial score (nSPS) is 14.6. The lowest BCUT2D eigenvalue weighted by atomic mass is 10.1. The van der Waals surface area contributed by atoms with Gasteiger partial charge in [0.15, 0.2) is 0 Å². The maximum Gasteiger partial charge on any atom is 0.336 e. The first-order chi connectivity index (χ1) is 8.31. The summed E-state index contributed by atoms with van der Waals surface area (Å²) in [5, 5.41) is 2.12. The predicted molar refractivity (Wildman–Crippen MR) is 64.3 cm³/mol. The molecule has 1 aromatic carbocycles. The van der Waals surface area contributed by atoms with Gasteiger partial charge < -0.3 is 8.83 Å². The quantitative estimate of drug-likeness (QED) is 0.553. The predicted octanol–water partition coefficient (Wildman–Crippen LogP) is 3.03. The van der Waals surface area contributed by atoms with Crippen LogP contribution in [-0.2, 0) is 12.8 Å². The minimum atomic E-state index is -0.323. The Hall–Kier alpha value is -2.03. The summed E-state index contributed by atoms with van der Waals surface area (Å²) in [6.07, 6.45) is 3.28. The highest BCUT2D eigenvalue weighted by Crippen LogP contribution is 2.34. The van der Waals surface area contributed by atoms with E-state index in [9.17, 15) is 4.79 Å². The molecule has 0 radical (unpaired) electrons. The second kappa shape index (κ2) is 3.00. The van der Waals surface area contributed by atoms with Crippen molar-refractivity contribution in [3.63, 3.8) is 0 Å². The maximum absolute atomic E-state index is 11.2. The molecule has 0 aliphatic heterocycles. The lowest BCUT2D eigenvalue weighted by Gasteiger charge is -1.97. The van der Waals surface area contributed by atoms with Crippen molar-refractivity contribution in [2.24, 2.45) is 0 Å². The van der Waals surface area contributed by atoms with Crippen molar-refractivity contribution >= 4 is 21.9 Å². The highest BCUT2D eigenvalue weighted by atomic mass is 16.4. The van der Waals surface area contributed by atoms with E-state index in [4.69, 9.17) is 8.83 Å². The van der Waals surface area contributed by atoms with Crippen molar-refractivity contribution in [1.29, 1.82) is 0 Å². The van der Waals surface area contributed by atoms with Gasteiger partial charge in [0.1, 0.15) is 16.9 Å². The zero-order valence-electron chi connectivity index (χ0n) is 9.16.